The van der Waals surface area contributed by atoms with Crippen molar-refractivity contribution < 1.29 is 9.50 Å². The minimum absolute atomic E-state index is 0.267. The van der Waals surface area contributed by atoms with Gasteiger partial charge in [0.25, 0.3) is 0 Å². The maximum absolute atomic E-state index is 12.8. The third-order valence-corrected chi connectivity index (χ3v) is 1.96. The fraction of sp³-hybridized carbons (Fsp3) is 0.333. The summed E-state index contributed by atoms with van der Waals surface area (Å²) in [6.07, 6.45) is 5.75. The van der Waals surface area contributed by atoms with Crippen molar-refractivity contribution in [3.8, 4) is 12.3 Å². The number of hydrogen-bond donors (Lipinski definition) is 1. The first-order valence-electron chi connectivity index (χ1n) is 4.44. The lowest BCUT2D eigenvalue weighted by atomic mass is 9.94. The zero-order valence-electron chi connectivity index (χ0n) is 8.13. The molecule has 0 saturated heterocycles. The molecular weight excluding hydrogens is 179 g/mol. The molecule has 0 aliphatic rings. The number of aliphatic hydroxyl groups is 1. The average Bonchev–Trinajstić information content (AvgIpc) is 2.02. The average molecular weight is 192 g/mol. The highest BCUT2D eigenvalue weighted by Crippen LogP contribution is 2.16. The minimum atomic E-state index is -0.956. The Hall–Kier alpha value is -1.33. The highest BCUT2D eigenvalue weighted by Gasteiger charge is 2.19. The SMILES string of the molecule is C#CCC(C)(O)Cc1cccc(F)c1. The molecule has 0 spiro atoms. The van der Waals surface area contributed by atoms with Crippen LogP contribution in [0.3, 0.4) is 0 Å². The lowest BCUT2D eigenvalue weighted by molar-refractivity contribution is 0.0659. The predicted octanol–water partition coefficient (Wildman–Crippen LogP) is 2.14. The Balaban J connectivity index is 2.74. The number of benzene rings is 1. The lowest BCUT2D eigenvalue weighted by Crippen LogP contribution is -2.26. The fourth-order valence-electron chi connectivity index (χ4n) is 1.37. The van der Waals surface area contributed by atoms with Crippen LogP contribution in [0.15, 0.2) is 24.3 Å². The van der Waals surface area contributed by atoms with Crippen molar-refractivity contribution in [2.24, 2.45) is 0 Å². The molecule has 0 heterocycles. The molecule has 0 aliphatic heterocycles. The van der Waals surface area contributed by atoms with E-state index in [1.165, 1.54) is 12.1 Å². The predicted molar refractivity (Wildman–Crippen MR) is 54.2 cm³/mol. The molecule has 0 radical (unpaired) electrons. The molecule has 1 atom stereocenters. The Labute approximate surface area is 83.6 Å². The molecule has 74 valence electrons. The zero-order chi connectivity index (χ0) is 10.6. The molecule has 1 nitrogen and oxygen atoms in total. The number of hydrogen-bond acceptors (Lipinski definition) is 1. The van der Waals surface area contributed by atoms with Gasteiger partial charge in [-0.3, -0.25) is 0 Å². The van der Waals surface area contributed by atoms with Gasteiger partial charge in [0.05, 0.1) is 5.60 Å². The van der Waals surface area contributed by atoms with Crippen molar-refractivity contribution in [1.82, 2.24) is 0 Å². The summed E-state index contributed by atoms with van der Waals surface area (Å²) in [6, 6.07) is 6.18. The summed E-state index contributed by atoms with van der Waals surface area (Å²) in [5.41, 5.74) is -0.201. The number of halogens is 1. The molecule has 1 N–H and O–H groups in total. The minimum Gasteiger partial charge on any atom is -0.389 e. The second kappa shape index (κ2) is 4.26. The normalized spacial score (nSPS) is 14.4. The van der Waals surface area contributed by atoms with E-state index in [2.05, 4.69) is 5.92 Å². The van der Waals surface area contributed by atoms with E-state index in [0.717, 1.165) is 5.56 Å². The molecule has 0 bridgehead atoms. The zero-order valence-corrected chi connectivity index (χ0v) is 8.13. The van der Waals surface area contributed by atoms with Crippen LogP contribution in [0.1, 0.15) is 18.9 Å². The first kappa shape index (κ1) is 10.7. The van der Waals surface area contributed by atoms with Crippen LogP contribution in [0.25, 0.3) is 0 Å². The Morgan fingerprint density at radius 3 is 2.86 bits per heavy atom. The summed E-state index contributed by atoms with van der Waals surface area (Å²) >= 11 is 0. The van der Waals surface area contributed by atoms with E-state index in [0.29, 0.717) is 6.42 Å². The second-order valence-corrected chi connectivity index (χ2v) is 3.68. The molecule has 0 amide bonds. The molecule has 0 aliphatic carbocycles. The van der Waals surface area contributed by atoms with Crippen molar-refractivity contribution in [3.63, 3.8) is 0 Å². The van der Waals surface area contributed by atoms with Crippen LogP contribution in [0.5, 0.6) is 0 Å². The summed E-state index contributed by atoms with van der Waals surface area (Å²) in [4.78, 5) is 0. The van der Waals surface area contributed by atoms with Crippen molar-refractivity contribution in [2.75, 3.05) is 0 Å². The maximum Gasteiger partial charge on any atom is 0.123 e. The largest absolute Gasteiger partial charge is 0.389 e. The Kier molecular flexibility index (Phi) is 3.27. The van der Waals surface area contributed by atoms with E-state index >= 15 is 0 Å². The van der Waals surface area contributed by atoms with E-state index in [1.807, 2.05) is 0 Å². The second-order valence-electron chi connectivity index (χ2n) is 3.68. The van der Waals surface area contributed by atoms with E-state index in [-0.39, 0.29) is 12.2 Å². The molecule has 0 aromatic heterocycles. The Morgan fingerprint density at radius 2 is 2.29 bits per heavy atom. The van der Waals surface area contributed by atoms with Crippen LogP contribution in [-0.4, -0.2) is 10.7 Å². The fourth-order valence-corrected chi connectivity index (χ4v) is 1.37. The Bertz CT molecular complexity index is 350. The van der Waals surface area contributed by atoms with Crippen molar-refractivity contribution >= 4 is 0 Å². The van der Waals surface area contributed by atoms with Gasteiger partial charge in [-0.15, -0.1) is 12.3 Å². The van der Waals surface area contributed by atoms with E-state index in [4.69, 9.17) is 6.42 Å². The molecule has 1 aromatic rings. The van der Waals surface area contributed by atoms with E-state index < -0.39 is 5.60 Å². The van der Waals surface area contributed by atoms with Gasteiger partial charge in [0.2, 0.25) is 0 Å². The van der Waals surface area contributed by atoms with E-state index in [1.54, 1.807) is 19.1 Å². The van der Waals surface area contributed by atoms with Gasteiger partial charge in [0.1, 0.15) is 5.82 Å². The molecule has 2 heteroatoms. The van der Waals surface area contributed by atoms with Crippen LogP contribution in [-0.2, 0) is 6.42 Å². The van der Waals surface area contributed by atoms with E-state index in [9.17, 15) is 9.50 Å². The van der Waals surface area contributed by atoms with Gasteiger partial charge in [-0.1, -0.05) is 12.1 Å². The molecule has 1 aromatic carbocycles. The van der Waals surface area contributed by atoms with Crippen molar-refractivity contribution in [1.29, 1.82) is 0 Å². The summed E-state index contributed by atoms with van der Waals surface area (Å²) in [7, 11) is 0. The van der Waals surface area contributed by atoms with Crippen LogP contribution in [0, 0.1) is 18.2 Å². The Morgan fingerprint density at radius 1 is 1.57 bits per heavy atom. The quantitative estimate of drug-likeness (QED) is 0.727. The van der Waals surface area contributed by atoms with Gasteiger partial charge in [-0.05, 0) is 24.6 Å². The van der Waals surface area contributed by atoms with Crippen LogP contribution in [0.2, 0.25) is 0 Å². The first-order valence-corrected chi connectivity index (χ1v) is 4.44. The topological polar surface area (TPSA) is 20.2 Å². The summed E-state index contributed by atoms with van der Waals surface area (Å²) in [5.74, 6) is 2.11. The molecule has 0 fully saturated rings. The molecule has 14 heavy (non-hydrogen) atoms. The number of terminal acetylenes is 1. The lowest BCUT2D eigenvalue weighted by Gasteiger charge is -2.20. The van der Waals surface area contributed by atoms with Crippen LogP contribution < -0.4 is 0 Å². The highest BCUT2D eigenvalue weighted by atomic mass is 19.1. The molecule has 0 saturated carbocycles. The summed E-state index contributed by atoms with van der Waals surface area (Å²) in [5, 5.41) is 9.79. The van der Waals surface area contributed by atoms with Crippen LogP contribution >= 0.6 is 0 Å². The van der Waals surface area contributed by atoms with Crippen molar-refractivity contribution in [2.45, 2.75) is 25.4 Å². The standard InChI is InChI=1S/C12H13FO/c1-3-7-12(2,14)9-10-5-4-6-11(13)8-10/h1,4-6,8,14H,7,9H2,2H3. The van der Waals surface area contributed by atoms with Gasteiger partial charge in [-0.25, -0.2) is 4.39 Å². The molecular formula is C12H13FO. The molecule has 1 unspecified atom stereocenters. The van der Waals surface area contributed by atoms with Gasteiger partial charge in [0.15, 0.2) is 0 Å². The summed E-state index contributed by atoms with van der Waals surface area (Å²) < 4.78 is 12.8. The van der Waals surface area contributed by atoms with Gasteiger partial charge < -0.3 is 5.11 Å². The smallest absolute Gasteiger partial charge is 0.123 e. The third-order valence-electron chi connectivity index (χ3n) is 1.96. The monoisotopic (exact) mass is 192 g/mol. The van der Waals surface area contributed by atoms with Gasteiger partial charge in [0, 0.05) is 12.8 Å². The van der Waals surface area contributed by atoms with Crippen molar-refractivity contribution in [3.05, 3.63) is 35.6 Å². The van der Waals surface area contributed by atoms with Gasteiger partial charge in [-0.2, -0.15) is 0 Å². The molecule has 1 rings (SSSR count). The highest BCUT2D eigenvalue weighted by molar-refractivity contribution is 5.18. The summed E-state index contributed by atoms with van der Waals surface area (Å²) in [6.45, 7) is 1.65. The van der Waals surface area contributed by atoms with Crippen LogP contribution in [0.4, 0.5) is 4.39 Å². The van der Waals surface area contributed by atoms with Gasteiger partial charge >= 0.3 is 0 Å². The first-order chi connectivity index (χ1) is 6.53. The third kappa shape index (κ3) is 3.20. The number of rotatable bonds is 3. The maximum atomic E-state index is 12.8.